The van der Waals surface area contributed by atoms with Gasteiger partial charge in [0.15, 0.2) is 11.5 Å². The smallest absolute Gasteiger partial charge is 0.262 e. The number of likely N-dealkylation sites (N-methyl/N-ethyl adjacent to an activating group) is 1. The second-order valence-electron chi connectivity index (χ2n) is 7.69. The van der Waals surface area contributed by atoms with Crippen molar-refractivity contribution in [3.05, 3.63) is 48.0 Å². The van der Waals surface area contributed by atoms with Crippen molar-refractivity contribution < 1.29 is 4.79 Å². The second-order valence-corrected chi connectivity index (χ2v) is 7.69. The molecule has 3 aliphatic rings. The van der Waals surface area contributed by atoms with E-state index < -0.39 is 5.54 Å². The Morgan fingerprint density at radius 2 is 2.00 bits per heavy atom. The molecule has 0 radical (unpaired) electrons. The van der Waals surface area contributed by atoms with Gasteiger partial charge < -0.3 is 5.73 Å². The highest BCUT2D eigenvalue weighted by molar-refractivity contribution is 6.08. The van der Waals surface area contributed by atoms with Crippen molar-refractivity contribution in [2.24, 2.45) is 22.1 Å². The zero-order valence-corrected chi connectivity index (χ0v) is 14.2. The summed E-state index contributed by atoms with van der Waals surface area (Å²) < 4.78 is 0. The van der Waals surface area contributed by atoms with E-state index >= 15 is 0 Å². The predicted molar refractivity (Wildman–Crippen MR) is 93.5 cm³/mol. The van der Waals surface area contributed by atoms with Gasteiger partial charge in [-0.15, -0.1) is 0 Å². The lowest BCUT2D eigenvalue weighted by atomic mass is 9.71. The van der Waals surface area contributed by atoms with Crippen molar-refractivity contribution in [3.63, 3.8) is 0 Å². The number of nitrogens with two attached hydrogens (primary N) is 1. The molecule has 6 heteroatoms. The third kappa shape index (κ3) is 1.74. The Hall–Kier alpha value is -2.76. The number of carbonyl (C=O) groups excluding carboxylic acids is 1. The van der Waals surface area contributed by atoms with Gasteiger partial charge in [-0.3, -0.25) is 9.69 Å². The van der Waals surface area contributed by atoms with E-state index in [0.717, 1.165) is 29.5 Å². The van der Waals surface area contributed by atoms with E-state index in [1.165, 1.54) is 16.8 Å². The zero-order chi connectivity index (χ0) is 17.4. The molecule has 0 saturated heterocycles. The van der Waals surface area contributed by atoms with Crippen LogP contribution >= 0.6 is 0 Å². The van der Waals surface area contributed by atoms with Crippen LogP contribution in [0, 0.1) is 11.3 Å². The predicted octanol–water partition coefficient (Wildman–Crippen LogP) is 1.71. The maximum absolute atomic E-state index is 13.2. The number of benzene rings is 1. The van der Waals surface area contributed by atoms with Crippen molar-refractivity contribution in [3.8, 4) is 11.1 Å². The van der Waals surface area contributed by atoms with Crippen LogP contribution in [0.5, 0.6) is 0 Å². The average Bonchev–Trinajstić information content (AvgIpc) is 3.26. The summed E-state index contributed by atoms with van der Waals surface area (Å²) >= 11 is 0. The summed E-state index contributed by atoms with van der Waals surface area (Å²) in [6.45, 7) is 2.25. The number of guanidine groups is 1. The molecule has 6 nitrogen and oxygen atoms in total. The number of fused-ring (bicyclic) bond motifs is 4. The average molecular weight is 333 g/mol. The molecule has 2 aromatic rings. The summed E-state index contributed by atoms with van der Waals surface area (Å²) in [5.74, 6) is 0.507. The van der Waals surface area contributed by atoms with Gasteiger partial charge in [0, 0.05) is 30.9 Å². The fraction of sp³-hybridized carbons (Fsp3) is 0.368. The second kappa shape index (κ2) is 4.45. The number of rotatable bonds is 1. The first kappa shape index (κ1) is 14.6. The molecule has 1 unspecified atom stereocenters. The van der Waals surface area contributed by atoms with Gasteiger partial charge in [0.05, 0.1) is 0 Å². The third-order valence-electron chi connectivity index (χ3n) is 6.13. The minimum absolute atomic E-state index is 0.0128. The maximum Gasteiger partial charge on any atom is 0.262 e. The number of aliphatic imine (C=N–C) groups is 1. The van der Waals surface area contributed by atoms with Gasteiger partial charge in [0.1, 0.15) is 6.33 Å². The van der Waals surface area contributed by atoms with Crippen LogP contribution in [0.25, 0.3) is 11.1 Å². The molecule has 1 saturated carbocycles. The Bertz CT molecular complexity index is 940. The fourth-order valence-electron chi connectivity index (χ4n) is 4.66. The number of aromatic nitrogens is 2. The van der Waals surface area contributed by atoms with Crippen LogP contribution in [0.1, 0.15) is 24.5 Å². The van der Waals surface area contributed by atoms with Gasteiger partial charge in [-0.05, 0) is 41.0 Å². The summed E-state index contributed by atoms with van der Waals surface area (Å²) in [5.41, 5.74) is 9.42. The summed E-state index contributed by atoms with van der Waals surface area (Å²) in [7, 11) is 1.71. The Labute approximate surface area is 145 Å². The lowest BCUT2D eigenvalue weighted by molar-refractivity contribution is -0.132. The van der Waals surface area contributed by atoms with Crippen LogP contribution in [0.4, 0.5) is 0 Å². The summed E-state index contributed by atoms with van der Waals surface area (Å²) in [5, 5.41) is 0. The normalized spacial score (nSPS) is 32.4. The van der Waals surface area contributed by atoms with E-state index in [4.69, 9.17) is 10.7 Å². The standard InChI is InChI=1S/C19H19N5O/c1-18-6-12-4-3-11(13-8-21-10-22-9-13)5-14(12)19(15(18)7-18)16(25)24(2)17(20)23-19/h3-5,8-10,15H,6-7H2,1-2H3,(H2,20,23)/t15?,18-,19-/m0/s1. The minimum Gasteiger partial charge on any atom is -0.369 e. The Morgan fingerprint density at radius 1 is 1.24 bits per heavy atom. The molecular weight excluding hydrogens is 314 g/mol. The Balaban J connectivity index is 1.74. The largest absolute Gasteiger partial charge is 0.369 e. The first-order valence-electron chi connectivity index (χ1n) is 8.48. The fourth-order valence-corrected chi connectivity index (χ4v) is 4.66. The summed E-state index contributed by atoms with van der Waals surface area (Å²) in [4.78, 5) is 27.6. The van der Waals surface area contributed by atoms with E-state index in [9.17, 15) is 4.79 Å². The maximum atomic E-state index is 13.2. The van der Waals surface area contributed by atoms with Gasteiger partial charge in [0.2, 0.25) is 0 Å². The summed E-state index contributed by atoms with van der Waals surface area (Å²) in [6.07, 6.45) is 7.06. The molecule has 1 fully saturated rings. The zero-order valence-electron chi connectivity index (χ0n) is 14.2. The van der Waals surface area contributed by atoms with Crippen molar-refractivity contribution >= 4 is 11.9 Å². The highest BCUT2D eigenvalue weighted by Gasteiger charge is 2.70. The van der Waals surface area contributed by atoms with Crippen LogP contribution in [-0.2, 0) is 16.8 Å². The number of nitrogens with zero attached hydrogens (tertiary/aromatic N) is 4. The van der Waals surface area contributed by atoms with Crippen molar-refractivity contribution in [1.29, 1.82) is 0 Å². The van der Waals surface area contributed by atoms with E-state index in [1.54, 1.807) is 19.4 Å². The lowest BCUT2D eigenvalue weighted by Gasteiger charge is -2.35. The first-order chi connectivity index (χ1) is 12.0. The summed E-state index contributed by atoms with van der Waals surface area (Å²) in [6, 6.07) is 6.28. The number of hydrogen-bond donors (Lipinski definition) is 1. The molecular formula is C19H19N5O. The van der Waals surface area contributed by atoms with Gasteiger partial charge in [-0.25, -0.2) is 15.0 Å². The SMILES string of the molecule is CN1C(=O)[C@]2(N=C1N)c1cc(-c3cncnc3)ccc1C[C@@]1(C)CC12. The monoisotopic (exact) mass is 333 g/mol. The lowest BCUT2D eigenvalue weighted by Crippen LogP contribution is -2.45. The molecule has 3 atom stereocenters. The molecule has 0 bridgehead atoms. The van der Waals surface area contributed by atoms with Gasteiger partial charge in [-0.2, -0.15) is 0 Å². The molecule has 1 spiro atoms. The Kier molecular flexibility index (Phi) is 2.59. The van der Waals surface area contributed by atoms with Crippen LogP contribution < -0.4 is 5.73 Å². The van der Waals surface area contributed by atoms with E-state index in [0.29, 0.717) is 5.96 Å². The molecule has 1 aliphatic heterocycles. The van der Waals surface area contributed by atoms with E-state index in [2.05, 4.69) is 35.1 Å². The van der Waals surface area contributed by atoms with Gasteiger partial charge in [0.25, 0.3) is 5.91 Å². The minimum atomic E-state index is -0.868. The molecule has 2 aliphatic carbocycles. The molecule has 1 aromatic heterocycles. The number of carbonyl (C=O) groups is 1. The molecule has 126 valence electrons. The Morgan fingerprint density at radius 3 is 2.68 bits per heavy atom. The molecule has 1 amide bonds. The van der Waals surface area contributed by atoms with E-state index in [-0.39, 0.29) is 17.2 Å². The van der Waals surface area contributed by atoms with Crippen LogP contribution in [-0.4, -0.2) is 33.8 Å². The third-order valence-corrected chi connectivity index (χ3v) is 6.13. The quantitative estimate of drug-likeness (QED) is 0.861. The van der Waals surface area contributed by atoms with Crippen LogP contribution in [0.3, 0.4) is 0 Å². The van der Waals surface area contributed by atoms with Crippen LogP contribution in [0.2, 0.25) is 0 Å². The first-order valence-corrected chi connectivity index (χ1v) is 8.48. The molecule has 2 heterocycles. The van der Waals surface area contributed by atoms with Crippen LogP contribution in [0.15, 0.2) is 41.9 Å². The van der Waals surface area contributed by atoms with Crippen molar-refractivity contribution in [2.75, 3.05) is 7.05 Å². The molecule has 25 heavy (non-hydrogen) atoms. The van der Waals surface area contributed by atoms with Crippen molar-refractivity contribution in [2.45, 2.75) is 25.3 Å². The molecule has 2 N–H and O–H groups in total. The van der Waals surface area contributed by atoms with Gasteiger partial charge >= 0.3 is 0 Å². The topological polar surface area (TPSA) is 84.5 Å². The molecule has 1 aromatic carbocycles. The highest BCUT2D eigenvalue weighted by atomic mass is 16.2. The van der Waals surface area contributed by atoms with E-state index in [1.807, 2.05) is 0 Å². The van der Waals surface area contributed by atoms with Crippen molar-refractivity contribution in [1.82, 2.24) is 14.9 Å². The highest BCUT2D eigenvalue weighted by Crippen LogP contribution is 2.68. The van der Waals surface area contributed by atoms with Gasteiger partial charge in [-0.1, -0.05) is 19.1 Å². The number of amides is 1. The molecule has 5 rings (SSSR count). The number of hydrogen-bond acceptors (Lipinski definition) is 5.